The minimum Gasteiger partial charge on any atom is -0.480 e. The number of rotatable bonds is 11. The molecule has 1 fully saturated rings. The third-order valence-electron chi connectivity index (χ3n) is 5.49. The Hall–Kier alpha value is -2.09. The van der Waals surface area contributed by atoms with E-state index in [1.807, 2.05) is 0 Å². The maximum atomic E-state index is 13.0. The number of carbonyl (C=O) groups is 2. The van der Waals surface area contributed by atoms with Crippen LogP contribution < -0.4 is 5.32 Å². The van der Waals surface area contributed by atoms with Crippen LogP contribution in [-0.4, -0.2) is 40.0 Å². The molecule has 7 nitrogen and oxygen atoms in total. The van der Waals surface area contributed by atoms with E-state index in [1.165, 1.54) is 24.3 Å². The van der Waals surface area contributed by atoms with E-state index < -0.39 is 22.3 Å². The summed E-state index contributed by atoms with van der Waals surface area (Å²) >= 11 is 1.79. The standard InChI is InChI=1S/C20H28N2O5S/c1-28-13-5-4-12-20(10-2-3-11-20)19(25)21-17(18(23)24)14-15-6-8-16(9-7-15)22(26)27/h6-9,17H,2-5,10-14H2,1H3,(H,21,25)(H,23,24). The number of nitrogens with zero attached hydrogens (tertiary/aromatic N) is 1. The molecule has 1 aromatic rings. The van der Waals surface area contributed by atoms with Gasteiger partial charge in [0.1, 0.15) is 6.04 Å². The van der Waals surface area contributed by atoms with Crippen LogP contribution in [0.25, 0.3) is 0 Å². The molecule has 154 valence electrons. The molecular formula is C20H28N2O5S. The molecule has 1 aromatic carbocycles. The Morgan fingerprint density at radius 2 is 1.89 bits per heavy atom. The number of benzene rings is 1. The highest BCUT2D eigenvalue weighted by Crippen LogP contribution is 2.42. The van der Waals surface area contributed by atoms with Crippen molar-refractivity contribution in [1.29, 1.82) is 0 Å². The average molecular weight is 409 g/mol. The largest absolute Gasteiger partial charge is 0.480 e. The first-order valence-electron chi connectivity index (χ1n) is 9.64. The van der Waals surface area contributed by atoms with E-state index >= 15 is 0 Å². The molecular weight excluding hydrogens is 380 g/mol. The minimum absolute atomic E-state index is 0.0465. The second-order valence-electron chi connectivity index (χ2n) is 7.43. The molecule has 2 rings (SSSR count). The highest BCUT2D eigenvalue weighted by atomic mass is 32.2. The summed E-state index contributed by atoms with van der Waals surface area (Å²) in [6.45, 7) is 0. The van der Waals surface area contributed by atoms with Crippen LogP contribution in [0.1, 0.15) is 50.5 Å². The zero-order valence-electron chi connectivity index (χ0n) is 16.2. The van der Waals surface area contributed by atoms with E-state index in [2.05, 4.69) is 11.6 Å². The molecule has 0 aliphatic heterocycles. The van der Waals surface area contributed by atoms with Crippen molar-refractivity contribution in [1.82, 2.24) is 5.32 Å². The summed E-state index contributed by atoms with van der Waals surface area (Å²) in [5.41, 5.74) is 0.134. The van der Waals surface area contributed by atoms with Gasteiger partial charge < -0.3 is 10.4 Å². The van der Waals surface area contributed by atoms with Gasteiger partial charge in [-0.3, -0.25) is 14.9 Å². The van der Waals surface area contributed by atoms with Gasteiger partial charge in [0.2, 0.25) is 5.91 Å². The molecule has 1 saturated carbocycles. The monoisotopic (exact) mass is 408 g/mol. The first-order chi connectivity index (χ1) is 13.4. The number of nitro groups is 1. The minimum atomic E-state index is -1.10. The lowest BCUT2D eigenvalue weighted by Gasteiger charge is -2.29. The Balaban J connectivity index is 2.03. The number of carbonyl (C=O) groups excluding carboxylic acids is 1. The van der Waals surface area contributed by atoms with Gasteiger partial charge >= 0.3 is 5.97 Å². The summed E-state index contributed by atoms with van der Waals surface area (Å²) < 4.78 is 0. The van der Waals surface area contributed by atoms with Crippen LogP contribution in [0.15, 0.2) is 24.3 Å². The van der Waals surface area contributed by atoms with Gasteiger partial charge in [-0.25, -0.2) is 4.79 Å². The maximum absolute atomic E-state index is 13.0. The number of nitrogens with one attached hydrogen (secondary N) is 1. The fourth-order valence-electron chi connectivity index (χ4n) is 3.85. The highest BCUT2D eigenvalue weighted by molar-refractivity contribution is 7.98. The number of carboxylic acids is 1. The van der Waals surface area contributed by atoms with Gasteiger partial charge in [0.15, 0.2) is 0 Å². The number of carboxylic acid groups (broad SMARTS) is 1. The van der Waals surface area contributed by atoms with E-state index in [1.54, 1.807) is 11.8 Å². The maximum Gasteiger partial charge on any atom is 0.326 e. The fourth-order valence-corrected chi connectivity index (χ4v) is 4.35. The highest BCUT2D eigenvalue weighted by Gasteiger charge is 2.41. The number of nitro benzene ring substituents is 1. The third-order valence-corrected chi connectivity index (χ3v) is 6.18. The van der Waals surface area contributed by atoms with Crippen molar-refractivity contribution in [3.05, 3.63) is 39.9 Å². The lowest BCUT2D eigenvalue weighted by atomic mass is 9.80. The molecule has 0 heterocycles. The number of hydrogen-bond donors (Lipinski definition) is 2. The van der Waals surface area contributed by atoms with Crippen LogP contribution in [0.5, 0.6) is 0 Å². The Kier molecular flexibility index (Phi) is 8.29. The summed E-state index contributed by atoms with van der Waals surface area (Å²) in [5, 5.41) is 23.1. The van der Waals surface area contributed by atoms with Gasteiger partial charge in [-0.2, -0.15) is 11.8 Å². The van der Waals surface area contributed by atoms with Gasteiger partial charge in [-0.15, -0.1) is 0 Å². The molecule has 0 aromatic heterocycles. The van der Waals surface area contributed by atoms with E-state index in [-0.39, 0.29) is 18.0 Å². The smallest absolute Gasteiger partial charge is 0.326 e. The molecule has 1 unspecified atom stereocenters. The molecule has 0 radical (unpaired) electrons. The molecule has 0 bridgehead atoms. The second kappa shape index (κ2) is 10.5. The molecule has 28 heavy (non-hydrogen) atoms. The Morgan fingerprint density at radius 1 is 1.25 bits per heavy atom. The SMILES string of the molecule is CSCCCCC1(C(=O)NC(Cc2ccc([N+](=O)[O-])cc2)C(=O)O)CCCC1. The molecule has 8 heteroatoms. The number of amides is 1. The van der Waals surface area contributed by atoms with Crippen molar-refractivity contribution in [2.45, 2.75) is 57.4 Å². The summed E-state index contributed by atoms with van der Waals surface area (Å²) in [4.78, 5) is 35.0. The molecule has 2 N–H and O–H groups in total. The second-order valence-corrected chi connectivity index (χ2v) is 8.41. The number of non-ortho nitro benzene ring substituents is 1. The van der Waals surface area contributed by atoms with E-state index in [9.17, 15) is 24.8 Å². The third kappa shape index (κ3) is 5.95. The van der Waals surface area contributed by atoms with Crippen LogP contribution in [0.4, 0.5) is 5.69 Å². The Morgan fingerprint density at radius 3 is 2.43 bits per heavy atom. The topological polar surface area (TPSA) is 110 Å². The number of thioether (sulfide) groups is 1. The lowest BCUT2D eigenvalue weighted by molar-refractivity contribution is -0.384. The first-order valence-corrected chi connectivity index (χ1v) is 11.0. The van der Waals surface area contributed by atoms with Crippen LogP contribution in [-0.2, 0) is 16.0 Å². The van der Waals surface area contributed by atoms with Gasteiger partial charge in [-0.05, 0) is 43.3 Å². The van der Waals surface area contributed by atoms with Crippen molar-refractivity contribution in [3.63, 3.8) is 0 Å². The van der Waals surface area contributed by atoms with E-state index in [4.69, 9.17) is 0 Å². The summed E-state index contributed by atoms with van der Waals surface area (Å²) in [6, 6.07) is 4.72. The van der Waals surface area contributed by atoms with Gasteiger partial charge in [0, 0.05) is 24.0 Å². The van der Waals surface area contributed by atoms with Crippen LogP contribution >= 0.6 is 11.8 Å². The predicted octanol–water partition coefficient (Wildman–Crippen LogP) is 3.80. The van der Waals surface area contributed by atoms with Gasteiger partial charge in [0.05, 0.1) is 4.92 Å². The van der Waals surface area contributed by atoms with Crippen molar-refractivity contribution < 1.29 is 19.6 Å². The van der Waals surface area contributed by atoms with Crippen LogP contribution in [0, 0.1) is 15.5 Å². The first kappa shape index (κ1) is 22.2. The van der Waals surface area contributed by atoms with Crippen molar-refractivity contribution >= 4 is 29.3 Å². The van der Waals surface area contributed by atoms with Crippen LogP contribution in [0.2, 0.25) is 0 Å². The quantitative estimate of drug-likeness (QED) is 0.327. The van der Waals surface area contributed by atoms with E-state index in [0.717, 1.165) is 50.7 Å². The van der Waals surface area contributed by atoms with Crippen LogP contribution in [0.3, 0.4) is 0 Å². The van der Waals surface area contributed by atoms with Crippen molar-refractivity contribution in [3.8, 4) is 0 Å². The molecule has 1 aliphatic carbocycles. The summed E-state index contributed by atoms with van der Waals surface area (Å²) in [6.07, 6.45) is 8.59. The summed E-state index contributed by atoms with van der Waals surface area (Å²) in [5.74, 6) is -0.194. The summed E-state index contributed by atoms with van der Waals surface area (Å²) in [7, 11) is 0. The van der Waals surface area contributed by atoms with Crippen molar-refractivity contribution in [2.75, 3.05) is 12.0 Å². The van der Waals surface area contributed by atoms with Gasteiger partial charge in [0.25, 0.3) is 5.69 Å². The molecule has 0 spiro atoms. The Labute approximate surface area is 169 Å². The zero-order chi connectivity index (χ0) is 20.6. The average Bonchev–Trinajstić information content (AvgIpc) is 3.15. The lowest BCUT2D eigenvalue weighted by Crippen LogP contribution is -2.48. The van der Waals surface area contributed by atoms with E-state index in [0.29, 0.717) is 5.56 Å². The molecule has 0 saturated heterocycles. The number of aliphatic carboxylic acids is 1. The number of hydrogen-bond acceptors (Lipinski definition) is 5. The Bertz CT molecular complexity index is 686. The van der Waals surface area contributed by atoms with Gasteiger partial charge in [-0.1, -0.05) is 31.4 Å². The zero-order valence-corrected chi connectivity index (χ0v) is 17.0. The normalized spacial score (nSPS) is 16.5. The van der Waals surface area contributed by atoms with Crippen molar-refractivity contribution in [2.24, 2.45) is 5.41 Å². The molecule has 1 atom stereocenters. The molecule has 1 aliphatic rings. The number of unbranched alkanes of at least 4 members (excludes halogenated alkanes) is 1. The molecule has 1 amide bonds. The fraction of sp³-hybridized carbons (Fsp3) is 0.600. The predicted molar refractivity (Wildman–Crippen MR) is 110 cm³/mol.